The largest absolute Gasteiger partial charge is 0.388 e. The van der Waals surface area contributed by atoms with Crippen LogP contribution >= 0.6 is 0 Å². The van der Waals surface area contributed by atoms with Crippen molar-refractivity contribution in [3.05, 3.63) is 35.4 Å². The third-order valence-electron chi connectivity index (χ3n) is 3.91. The highest BCUT2D eigenvalue weighted by Crippen LogP contribution is 2.28. The first-order chi connectivity index (χ1) is 9.65. The average molecular weight is 277 g/mol. The predicted octanol–water partition coefficient (Wildman–Crippen LogP) is 2.78. The number of hydrogen-bond donors (Lipinski definition) is 1. The molecule has 1 aromatic rings. The molecule has 2 rings (SSSR count). The minimum absolute atomic E-state index is 0.370. The number of hydrogen-bond acceptors (Lipinski definition) is 3. The SMILES string of the molecule is Cc1ccc(C(O)CCN(C)CCOCC2CC2)cc1. The maximum Gasteiger partial charge on any atom is 0.0802 e. The summed E-state index contributed by atoms with van der Waals surface area (Å²) < 4.78 is 5.63. The highest BCUT2D eigenvalue weighted by molar-refractivity contribution is 5.22. The second kappa shape index (κ2) is 7.77. The van der Waals surface area contributed by atoms with Crippen molar-refractivity contribution in [3.63, 3.8) is 0 Å². The van der Waals surface area contributed by atoms with Crippen LogP contribution in [0.3, 0.4) is 0 Å². The first-order valence-corrected chi connectivity index (χ1v) is 7.66. The van der Waals surface area contributed by atoms with Crippen LogP contribution in [0.25, 0.3) is 0 Å². The molecule has 0 radical (unpaired) electrons. The summed E-state index contributed by atoms with van der Waals surface area (Å²) in [6.45, 7) is 5.62. The topological polar surface area (TPSA) is 32.7 Å². The second-order valence-electron chi connectivity index (χ2n) is 6.04. The number of nitrogens with zero attached hydrogens (tertiary/aromatic N) is 1. The standard InChI is InChI=1S/C17H27NO2/c1-14-3-7-16(8-4-14)17(19)9-10-18(2)11-12-20-13-15-5-6-15/h3-4,7-8,15,17,19H,5-6,9-13H2,1-2H3. The van der Waals surface area contributed by atoms with Gasteiger partial charge in [0.15, 0.2) is 0 Å². The van der Waals surface area contributed by atoms with Crippen LogP contribution in [0.5, 0.6) is 0 Å². The Morgan fingerprint density at radius 3 is 2.60 bits per heavy atom. The zero-order valence-electron chi connectivity index (χ0n) is 12.7. The highest BCUT2D eigenvalue weighted by atomic mass is 16.5. The van der Waals surface area contributed by atoms with Gasteiger partial charge in [0.2, 0.25) is 0 Å². The number of aliphatic hydroxyl groups is 1. The van der Waals surface area contributed by atoms with E-state index in [1.807, 2.05) is 24.3 Å². The molecule has 0 aliphatic heterocycles. The van der Waals surface area contributed by atoms with Gasteiger partial charge in [-0.3, -0.25) is 0 Å². The second-order valence-corrected chi connectivity index (χ2v) is 6.04. The molecule has 20 heavy (non-hydrogen) atoms. The Kier molecular flexibility index (Phi) is 6.02. The quantitative estimate of drug-likeness (QED) is 0.705. The summed E-state index contributed by atoms with van der Waals surface area (Å²) in [6.07, 6.45) is 3.09. The predicted molar refractivity (Wildman–Crippen MR) is 81.8 cm³/mol. The van der Waals surface area contributed by atoms with Crippen molar-refractivity contribution in [2.75, 3.05) is 33.4 Å². The lowest BCUT2D eigenvalue weighted by atomic mass is 10.0. The van der Waals surface area contributed by atoms with Crippen LogP contribution in [0.2, 0.25) is 0 Å². The number of aliphatic hydroxyl groups excluding tert-OH is 1. The summed E-state index contributed by atoms with van der Waals surface area (Å²) in [6, 6.07) is 8.12. The maximum atomic E-state index is 10.2. The van der Waals surface area contributed by atoms with Crippen molar-refractivity contribution < 1.29 is 9.84 Å². The molecule has 1 aromatic carbocycles. The van der Waals surface area contributed by atoms with Crippen LogP contribution in [0.1, 0.15) is 36.5 Å². The Morgan fingerprint density at radius 1 is 1.25 bits per heavy atom. The van der Waals surface area contributed by atoms with Gasteiger partial charge in [-0.1, -0.05) is 29.8 Å². The Labute approximate surface area is 122 Å². The first kappa shape index (κ1) is 15.5. The van der Waals surface area contributed by atoms with Crippen LogP contribution in [0.15, 0.2) is 24.3 Å². The zero-order valence-corrected chi connectivity index (χ0v) is 12.7. The molecule has 1 saturated carbocycles. The van der Waals surface area contributed by atoms with E-state index < -0.39 is 0 Å². The van der Waals surface area contributed by atoms with E-state index >= 15 is 0 Å². The van der Waals surface area contributed by atoms with Gasteiger partial charge in [0.05, 0.1) is 12.7 Å². The number of rotatable bonds is 9. The molecule has 1 N–H and O–H groups in total. The lowest BCUT2D eigenvalue weighted by Crippen LogP contribution is -2.25. The van der Waals surface area contributed by atoms with E-state index in [2.05, 4.69) is 18.9 Å². The van der Waals surface area contributed by atoms with Crippen molar-refractivity contribution in [1.82, 2.24) is 4.90 Å². The molecule has 1 aliphatic rings. The van der Waals surface area contributed by atoms with E-state index in [1.54, 1.807) is 0 Å². The van der Waals surface area contributed by atoms with Crippen molar-refractivity contribution in [2.45, 2.75) is 32.3 Å². The molecule has 0 spiro atoms. The van der Waals surface area contributed by atoms with Gasteiger partial charge in [0.1, 0.15) is 0 Å². The lowest BCUT2D eigenvalue weighted by molar-refractivity contribution is 0.0948. The molecule has 0 heterocycles. The smallest absolute Gasteiger partial charge is 0.0802 e. The summed E-state index contributed by atoms with van der Waals surface area (Å²) in [5.41, 5.74) is 2.24. The first-order valence-electron chi connectivity index (χ1n) is 7.66. The summed E-state index contributed by atoms with van der Waals surface area (Å²) in [4.78, 5) is 2.23. The zero-order chi connectivity index (χ0) is 14.4. The van der Waals surface area contributed by atoms with Crippen molar-refractivity contribution in [3.8, 4) is 0 Å². The van der Waals surface area contributed by atoms with Crippen molar-refractivity contribution in [2.24, 2.45) is 5.92 Å². The van der Waals surface area contributed by atoms with Gasteiger partial charge in [-0.25, -0.2) is 0 Å². The molecule has 0 amide bonds. The van der Waals surface area contributed by atoms with Gasteiger partial charge >= 0.3 is 0 Å². The number of benzene rings is 1. The van der Waals surface area contributed by atoms with Gasteiger partial charge in [-0.2, -0.15) is 0 Å². The van der Waals surface area contributed by atoms with Gasteiger partial charge in [-0.15, -0.1) is 0 Å². The fourth-order valence-corrected chi connectivity index (χ4v) is 2.16. The molecule has 3 nitrogen and oxygen atoms in total. The van der Waals surface area contributed by atoms with Crippen LogP contribution in [-0.4, -0.2) is 43.4 Å². The van der Waals surface area contributed by atoms with E-state index in [4.69, 9.17) is 4.74 Å². The van der Waals surface area contributed by atoms with Crippen LogP contribution in [-0.2, 0) is 4.74 Å². The summed E-state index contributed by atoms with van der Waals surface area (Å²) in [5, 5.41) is 10.2. The number of likely N-dealkylation sites (N-methyl/N-ethyl adjacent to an activating group) is 1. The molecule has 1 atom stereocenters. The normalized spacial score (nSPS) is 16.6. The van der Waals surface area contributed by atoms with E-state index in [0.717, 1.165) is 44.2 Å². The monoisotopic (exact) mass is 277 g/mol. The third kappa shape index (κ3) is 5.61. The highest BCUT2D eigenvalue weighted by Gasteiger charge is 2.20. The van der Waals surface area contributed by atoms with Gasteiger partial charge in [0, 0.05) is 19.7 Å². The average Bonchev–Trinajstić information content (AvgIpc) is 3.26. The van der Waals surface area contributed by atoms with E-state index in [0.29, 0.717) is 0 Å². The van der Waals surface area contributed by atoms with Gasteiger partial charge < -0.3 is 14.7 Å². The molecule has 0 aromatic heterocycles. The minimum atomic E-state index is -0.370. The summed E-state index contributed by atoms with van der Waals surface area (Å²) in [5.74, 6) is 0.837. The Hall–Kier alpha value is -0.900. The summed E-state index contributed by atoms with van der Waals surface area (Å²) >= 11 is 0. The molecule has 3 heteroatoms. The Morgan fingerprint density at radius 2 is 1.95 bits per heavy atom. The molecule has 1 unspecified atom stereocenters. The number of ether oxygens (including phenoxy) is 1. The van der Waals surface area contributed by atoms with Gasteiger partial charge in [0.25, 0.3) is 0 Å². The lowest BCUT2D eigenvalue weighted by Gasteiger charge is -2.19. The fourth-order valence-electron chi connectivity index (χ4n) is 2.16. The van der Waals surface area contributed by atoms with Crippen molar-refractivity contribution >= 4 is 0 Å². The van der Waals surface area contributed by atoms with E-state index in [-0.39, 0.29) is 6.10 Å². The minimum Gasteiger partial charge on any atom is -0.388 e. The van der Waals surface area contributed by atoms with Crippen LogP contribution in [0.4, 0.5) is 0 Å². The molecular weight excluding hydrogens is 250 g/mol. The van der Waals surface area contributed by atoms with Crippen LogP contribution < -0.4 is 0 Å². The molecule has 1 aliphatic carbocycles. The third-order valence-corrected chi connectivity index (χ3v) is 3.91. The van der Waals surface area contributed by atoms with Crippen LogP contribution in [0, 0.1) is 12.8 Å². The maximum absolute atomic E-state index is 10.2. The molecule has 0 saturated heterocycles. The molecule has 112 valence electrons. The Bertz CT molecular complexity index is 386. The van der Waals surface area contributed by atoms with E-state index in [9.17, 15) is 5.11 Å². The molecular formula is C17H27NO2. The molecule has 0 bridgehead atoms. The van der Waals surface area contributed by atoms with Gasteiger partial charge in [-0.05, 0) is 44.7 Å². The van der Waals surface area contributed by atoms with E-state index in [1.165, 1.54) is 18.4 Å². The summed E-state index contributed by atoms with van der Waals surface area (Å²) in [7, 11) is 2.09. The molecule has 1 fully saturated rings. The fraction of sp³-hybridized carbons (Fsp3) is 0.647. The van der Waals surface area contributed by atoms with Crippen molar-refractivity contribution in [1.29, 1.82) is 0 Å². The Balaban J connectivity index is 1.59. The number of aryl methyl sites for hydroxylation is 1.